The summed E-state index contributed by atoms with van der Waals surface area (Å²) in [7, 11) is 1.60. The molecule has 2 aromatic rings. The summed E-state index contributed by atoms with van der Waals surface area (Å²) in [5.74, 6) is 1.34. The summed E-state index contributed by atoms with van der Waals surface area (Å²) >= 11 is 0. The van der Waals surface area contributed by atoms with Gasteiger partial charge in [-0.25, -0.2) is 0 Å². The maximum Gasteiger partial charge on any atom is 0.258 e. The third-order valence-corrected chi connectivity index (χ3v) is 3.73. The van der Waals surface area contributed by atoms with Crippen LogP contribution in [0.1, 0.15) is 24.5 Å². The smallest absolute Gasteiger partial charge is 0.258 e. The van der Waals surface area contributed by atoms with Crippen LogP contribution < -0.4 is 14.8 Å². The summed E-state index contributed by atoms with van der Waals surface area (Å²) in [5.41, 5.74) is 1.98. The normalized spacial score (nSPS) is 10.2. The number of carbonyl (C=O) groups is 2. The van der Waals surface area contributed by atoms with Gasteiger partial charge in [-0.15, -0.1) is 0 Å². The van der Waals surface area contributed by atoms with E-state index in [1.807, 2.05) is 48.5 Å². The molecule has 25 heavy (non-hydrogen) atoms. The van der Waals surface area contributed by atoms with Crippen LogP contribution in [0.15, 0.2) is 48.5 Å². The minimum Gasteiger partial charge on any atom is -0.496 e. The van der Waals surface area contributed by atoms with Gasteiger partial charge < -0.3 is 19.6 Å². The van der Waals surface area contributed by atoms with Crippen LogP contribution in [0.3, 0.4) is 0 Å². The molecule has 5 nitrogen and oxygen atoms in total. The molecular formula is C20H23NO4. The Kier molecular flexibility index (Phi) is 7.01. The molecule has 1 N–H and O–H groups in total. The second kappa shape index (κ2) is 9.47. The highest BCUT2D eigenvalue weighted by Crippen LogP contribution is 2.17. The molecule has 0 aliphatic carbocycles. The number of nitrogens with one attached hydrogen (secondary N) is 1. The molecule has 5 heteroatoms. The molecular weight excluding hydrogens is 318 g/mol. The number of amides is 1. The predicted molar refractivity (Wildman–Crippen MR) is 95.8 cm³/mol. The number of para-hydroxylation sites is 1. The van der Waals surface area contributed by atoms with Gasteiger partial charge in [0.05, 0.1) is 7.11 Å². The van der Waals surface area contributed by atoms with E-state index in [4.69, 9.17) is 9.47 Å². The molecule has 0 aliphatic heterocycles. The molecule has 2 rings (SSSR count). The Morgan fingerprint density at radius 1 is 1.04 bits per heavy atom. The fourth-order valence-electron chi connectivity index (χ4n) is 2.32. The van der Waals surface area contributed by atoms with Crippen LogP contribution >= 0.6 is 0 Å². The molecule has 0 saturated carbocycles. The van der Waals surface area contributed by atoms with Crippen molar-refractivity contribution in [1.82, 2.24) is 5.32 Å². The van der Waals surface area contributed by atoms with Gasteiger partial charge in [0, 0.05) is 18.5 Å². The van der Waals surface area contributed by atoms with E-state index in [-0.39, 0.29) is 18.3 Å². The third kappa shape index (κ3) is 6.30. The molecule has 0 heterocycles. The van der Waals surface area contributed by atoms with Gasteiger partial charge in [0.2, 0.25) is 0 Å². The van der Waals surface area contributed by atoms with E-state index in [9.17, 15) is 9.59 Å². The second-order valence-electron chi connectivity index (χ2n) is 5.72. The monoisotopic (exact) mass is 341 g/mol. The van der Waals surface area contributed by atoms with Crippen molar-refractivity contribution in [2.24, 2.45) is 0 Å². The van der Waals surface area contributed by atoms with Crippen LogP contribution in [0.5, 0.6) is 11.5 Å². The number of carbonyl (C=O) groups excluding carboxylic acids is 2. The van der Waals surface area contributed by atoms with Gasteiger partial charge in [-0.05, 0) is 37.1 Å². The lowest BCUT2D eigenvalue weighted by Crippen LogP contribution is -2.28. The van der Waals surface area contributed by atoms with Crippen LogP contribution in [0.25, 0.3) is 0 Å². The van der Waals surface area contributed by atoms with Crippen molar-refractivity contribution in [2.75, 3.05) is 13.7 Å². The first-order chi connectivity index (χ1) is 12.1. The highest BCUT2D eigenvalue weighted by atomic mass is 16.5. The molecule has 0 saturated heterocycles. The SMILES string of the molecule is COc1ccccc1CNC(=O)COc1ccc(CCC(C)=O)cc1. The second-order valence-corrected chi connectivity index (χ2v) is 5.72. The zero-order valence-corrected chi connectivity index (χ0v) is 14.6. The molecule has 0 bridgehead atoms. The van der Waals surface area contributed by atoms with Gasteiger partial charge in [0.15, 0.2) is 6.61 Å². The average molecular weight is 341 g/mol. The summed E-state index contributed by atoms with van der Waals surface area (Å²) in [4.78, 5) is 22.9. The highest BCUT2D eigenvalue weighted by Gasteiger charge is 2.06. The van der Waals surface area contributed by atoms with Crippen molar-refractivity contribution in [1.29, 1.82) is 0 Å². The van der Waals surface area contributed by atoms with Crippen LogP contribution in [0.2, 0.25) is 0 Å². The Balaban J connectivity index is 1.77. The van der Waals surface area contributed by atoms with Gasteiger partial charge in [-0.1, -0.05) is 30.3 Å². The third-order valence-electron chi connectivity index (χ3n) is 3.73. The Hall–Kier alpha value is -2.82. The van der Waals surface area contributed by atoms with Crippen molar-refractivity contribution >= 4 is 11.7 Å². The Labute approximate surface area is 148 Å². The van der Waals surface area contributed by atoms with E-state index < -0.39 is 0 Å². The Bertz CT molecular complexity index is 710. The summed E-state index contributed by atoms with van der Waals surface area (Å²) in [6.45, 7) is 1.92. The zero-order valence-electron chi connectivity index (χ0n) is 14.6. The average Bonchev–Trinajstić information content (AvgIpc) is 2.64. The first-order valence-electron chi connectivity index (χ1n) is 8.18. The number of rotatable bonds is 9. The zero-order chi connectivity index (χ0) is 18.1. The molecule has 0 atom stereocenters. The number of Topliss-reactive ketones (excluding diaryl/α,β-unsaturated/α-hetero) is 1. The van der Waals surface area contributed by atoms with E-state index in [2.05, 4.69) is 5.32 Å². The van der Waals surface area contributed by atoms with Crippen molar-refractivity contribution in [3.05, 3.63) is 59.7 Å². The molecule has 132 valence electrons. The van der Waals surface area contributed by atoms with Gasteiger partial charge in [0.1, 0.15) is 17.3 Å². The van der Waals surface area contributed by atoms with Crippen LogP contribution in [0.4, 0.5) is 0 Å². The number of hydrogen-bond acceptors (Lipinski definition) is 4. The number of aryl methyl sites for hydroxylation is 1. The van der Waals surface area contributed by atoms with Crippen molar-refractivity contribution in [3.8, 4) is 11.5 Å². The number of benzene rings is 2. The summed E-state index contributed by atoms with van der Waals surface area (Å²) in [6.07, 6.45) is 1.25. The number of ether oxygens (including phenoxy) is 2. The van der Waals surface area contributed by atoms with E-state index >= 15 is 0 Å². The highest BCUT2D eigenvalue weighted by molar-refractivity contribution is 5.77. The molecule has 0 radical (unpaired) electrons. The van der Waals surface area contributed by atoms with Gasteiger partial charge in [-0.3, -0.25) is 4.79 Å². The van der Waals surface area contributed by atoms with E-state index in [0.717, 1.165) is 23.3 Å². The lowest BCUT2D eigenvalue weighted by Gasteiger charge is -2.10. The Morgan fingerprint density at radius 3 is 2.44 bits per heavy atom. The van der Waals surface area contributed by atoms with Crippen LogP contribution in [-0.4, -0.2) is 25.4 Å². The lowest BCUT2D eigenvalue weighted by molar-refractivity contribution is -0.123. The molecule has 0 unspecified atom stereocenters. The quantitative estimate of drug-likeness (QED) is 0.762. The van der Waals surface area contributed by atoms with Crippen molar-refractivity contribution < 1.29 is 19.1 Å². The van der Waals surface area contributed by atoms with E-state index in [1.54, 1.807) is 14.0 Å². The van der Waals surface area contributed by atoms with Crippen molar-refractivity contribution in [3.63, 3.8) is 0 Å². The predicted octanol–water partition coefficient (Wildman–Crippen LogP) is 2.91. The van der Waals surface area contributed by atoms with Gasteiger partial charge in [-0.2, -0.15) is 0 Å². The van der Waals surface area contributed by atoms with Crippen LogP contribution in [0, 0.1) is 0 Å². The largest absolute Gasteiger partial charge is 0.496 e. The molecule has 0 aliphatic rings. The molecule has 0 fully saturated rings. The maximum atomic E-state index is 11.9. The molecule has 2 aromatic carbocycles. The number of hydrogen-bond donors (Lipinski definition) is 1. The van der Waals surface area contributed by atoms with E-state index in [1.165, 1.54) is 0 Å². The van der Waals surface area contributed by atoms with Crippen LogP contribution in [-0.2, 0) is 22.6 Å². The lowest BCUT2D eigenvalue weighted by atomic mass is 10.1. The first kappa shape index (κ1) is 18.5. The fourth-order valence-corrected chi connectivity index (χ4v) is 2.32. The Morgan fingerprint density at radius 2 is 1.76 bits per heavy atom. The number of methoxy groups -OCH3 is 1. The van der Waals surface area contributed by atoms with Gasteiger partial charge in [0.25, 0.3) is 5.91 Å². The van der Waals surface area contributed by atoms with Gasteiger partial charge >= 0.3 is 0 Å². The standard InChI is InChI=1S/C20H23NO4/c1-15(22)7-8-16-9-11-18(12-10-16)25-14-20(23)21-13-17-5-3-4-6-19(17)24-2/h3-6,9-12H,7-8,13-14H2,1-2H3,(H,21,23). The first-order valence-corrected chi connectivity index (χ1v) is 8.18. The molecule has 1 amide bonds. The van der Waals surface area contributed by atoms with E-state index in [0.29, 0.717) is 18.7 Å². The molecule has 0 aromatic heterocycles. The fraction of sp³-hybridized carbons (Fsp3) is 0.300. The summed E-state index contributed by atoms with van der Waals surface area (Å²) < 4.78 is 10.7. The number of ketones is 1. The minimum absolute atomic E-state index is 0.0536. The molecule has 0 spiro atoms. The topological polar surface area (TPSA) is 64.6 Å². The maximum absolute atomic E-state index is 11.9. The summed E-state index contributed by atoms with van der Waals surface area (Å²) in [6, 6.07) is 15.0. The minimum atomic E-state index is -0.202. The summed E-state index contributed by atoms with van der Waals surface area (Å²) in [5, 5.41) is 2.81. The van der Waals surface area contributed by atoms with Crippen molar-refractivity contribution in [2.45, 2.75) is 26.3 Å².